The number of carbonyl (C=O) groups is 1. The summed E-state index contributed by atoms with van der Waals surface area (Å²) < 4.78 is 123. The van der Waals surface area contributed by atoms with Crippen LogP contribution in [0.2, 0.25) is 5.02 Å². The second-order valence-electron chi connectivity index (χ2n) is 8.71. The molecule has 4 rings (SSSR count). The maximum absolute atomic E-state index is 14.7. The van der Waals surface area contributed by atoms with Gasteiger partial charge in [0.15, 0.2) is 0 Å². The molecular weight excluding hydrogens is 545 g/mol. The van der Waals surface area contributed by atoms with Gasteiger partial charge < -0.3 is 10.2 Å². The highest BCUT2D eigenvalue weighted by atomic mass is 35.5. The fraction of sp³-hybridized carbons (Fsp3) is 0.409. The summed E-state index contributed by atoms with van der Waals surface area (Å²) in [7, 11) is 0. The average molecular weight is 560 g/mol. The van der Waals surface area contributed by atoms with E-state index < -0.39 is 82.8 Å². The number of pyridine rings is 1. The topological polar surface area (TPSA) is 63.6 Å². The molecule has 0 bridgehead atoms. The van der Waals surface area contributed by atoms with E-state index in [1.807, 2.05) is 0 Å². The largest absolute Gasteiger partial charge is 0.435 e. The zero-order valence-electron chi connectivity index (χ0n) is 18.5. The van der Waals surface area contributed by atoms with Crippen molar-refractivity contribution in [2.75, 3.05) is 0 Å². The van der Waals surface area contributed by atoms with Crippen molar-refractivity contribution in [2.24, 2.45) is 5.16 Å². The number of halogens is 10. The first-order valence-electron chi connectivity index (χ1n) is 10.5. The number of benzene rings is 1. The minimum atomic E-state index is -5.44. The molecule has 15 heteroatoms. The summed E-state index contributed by atoms with van der Waals surface area (Å²) in [5.41, 5.74) is -7.53. The van der Waals surface area contributed by atoms with E-state index in [-0.39, 0.29) is 29.1 Å². The number of nitrogens with zero attached hydrogens (tertiary/aromatic N) is 2. The van der Waals surface area contributed by atoms with E-state index in [0.29, 0.717) is 0 Å². The van der Waals surface area contributed by atoms with E-state index in [1.165, 1.54) is 13.0 Å². The highest BCUT2D eigenvalue weighted by Crippen LogP contribution is 2.51. The molecule has 1 amide bonds. The Morgan fingerprint density at radius 1 is 1.14 bits per heavy atom. The molecule has 1 aromatic carbocycles. The molecule has 200 valence electrons. The number of alkyl halides is 8. The molecule has 2 aromatic rings. The minimum absolute atomic E-state index is 0.00147. The maximum atomic E-state index is 14.7. The van der Waals surface area contributed by atoms with Crippen LogP contribution in [0.15, 0.2) is 29.4 Å². The van der Waals surface area contributed by atoms with E-state index >= 15 is 0 Å². The zero-order chi connectivity index (χ0) is 27.6. The Hall–Kier alpha value is -3.03. The lowest BCUT2D eigenvalue weighted by Gasteiger charge is -2.35. The number of aryl methyl sites for hydroxylation is 1. The third kappa shape index (κ3) is 4.94. The predicted molar refractivity (Wildman–Crippen MR) is 111 cm³/mol. The number of rotatable bonds is 4. The van der Waals surface area contributed by atoms with Crippen LogP contribution < -0.4 is 5.32 Å². The number of carbonyl (C=O) groups excluding carboxylic acids is 1. The molecular formula is C22H15ClF9N3O2. The summed E-state index contributed by atoms with van der Waals surface area (Å²) in [4.78, 5) is 21.0. The molecule has 1 aliphatic heterocycles. The summed E-state index contributed by atoms with van der Waals surface area (Å²) in [6.45, 7) is 1.33. The minimum Gasteiger partial charge on any atom is -0.374 e. The summed E-state index contributed by atoms with van der Waals surface area (Å²) in [6.07, 6.45) is -12.9. The Kier molecular flexibility index (Phi) is 6.41. The van der Waals surface area contributed by atoms with Crippen molar-refractivity contribution in [3.8, 4) is 0 Å². The third-order valence-corrected chi connectivity index (χ3v) is 6.30. The van der Waals surface area contributed by atoms with Gasteiger partial charge in [-0.05, 0) is 31.2 Å². The van der Waals surface area contributed by atoms with Crippen LogP contribution in [0.4, 0.5) is 39.5 Å². The number of oxime groups is 1. The van der Waals surface area contributed by atoms with Gasteiger partial charge in [-0.1, -0.05) is 16.8 Å². The van der Waals surface area contributed by atoms with Crippen molar-refractivity contribution in [3.63, 3.8) is 0 Å². The number of nitrogens with one attached hydrogen (secondary N) is 1. The maximum Gasteiger partial charge on any atom is 0.435 e. The molecule has 5 nitrogen and oxygen atoms in total. The highest BCUT2D eigenvalue weighted by molar-refractivity contribution is 6.30. The Morgan fingerprint density at radius 3 is 2.32 bits per heavy atom. The molecule has 1 aromatic heterocycles. The molecule has 1 N–H and O–H groups in total. The van der Waals surface area contributed by atoms with Gasteiger partial charge >= 0.3 is 12.4 Å². The van der Waals surface area contributed by atoms with Crippen LogP contribution in [0, 0.1) is 12.7 Å². The summed E-state index contributed by atoms with van der Waals surface area (Å²) in [5.74, 6) is -5.36. The van der Waals surface area contributed by atoms with Crippen LogP contribution in [0.5, 0.6) is 0 Å². The lowest BCUT2D eigenvalue weighted by atomic mass is 9.86. The van der Waals surface area contributed by atoms with Gasteiger partial charge in [0.2, 0.25) is 0 Å². The van der Waals surface area contributed by atoms with E-state index in [9.17, 15) is 44.3 Å². The van der Waals surface area contributed by atoms with Gasteiger partial charge in [0.1, 0.15) is 11.5 Å². The summed E-state index contributed by atoms with van der Waals surface area (Å²) in [5, 5.41) is 4.52. The van der Waals surface area contributed by atoms with Gasteiger partial charge in [0, 0.05) is 24.4 Å². The Balaban J connectivity index is 1.63. The number of hydrogen-bond donors (Lipinski definition) is 1. The molecule has 2 heterocycles. The molecule has 1 saturated carbocycles. The molecule has 37 heavy (non-hydrogen) atoms. The normalized spacial score (nSPS) is 21.8. The van der Waals surface area contributed by atoms with E-state index in [1.54, 1.807) is 0 Å². The lowest BCUT2D eigenvalue weighted by molar-refractivity contribution is -0.276. The zero-order valence-corrected chi connectivity index (χ0v) is 19.3. The molecule has 0 saturated heterocycles. The first-order valence-corrected chi connectivity index (χ1v) is 10.9. The van der Waals surface area contributed by atoms with E-state index in [2.05, 4.69) is 20.3 Å². The van der Waals surface area contributed by atoms with Crippen molar-refractivity contribution >= 4 is 23.2 Å². The first kappa shape index (κ1) is 27.0. The van der Waals surface area contributed by atoms with Crippen LogP contribution in [0.3, 0.4) is 0 Å². The van der Waals surface area contributed by atoms with Crippen molar-refractivity contribution in [2.45, 2.75) is 56.1 Å². The quantitative estimate of drug-likeness (QED) is 0.447. The smallest absolute Gasteiger partial charge is 0.374 e. The Labute approximate surface area is 207 Å². The van der Waals surface area contributed by atoms with Crippen molar-refractivity contribution in [3.05, 3.63) is 63.2 Å². The Morgan fingerprint density at radius 2 is 1.78 bits per heavy atom. The molecule has 1 aliphatic carbocycles. The van der Waals surface area contributed by atoms with Crippen molar-refractivity contribution in [1.29, 1.82) is 0 Å². The van der Waals surface area contributed by atoms with Gasteiger partial charge in [-0.25, -0.2) is 13.2 Å². The molecule has 1 fully saturated rings. The fourth-order valence-electron chi connectivity index (χ4n) is 4.05. The molecule has 2 aliphatic rings. The summed E-state index contributed by atoms with van der Waals surface area (Å²) >= 11 is 5.48. The van der Waals surface area contributed by atoms with Crippen LogP contribution in [-0.2, 0) is 16.6 Å². The molecule has 1 atom stereocenters. The van der Waals surface area contributed by atoms with Crippen molar-refractivity contribution < 1.29 is 49.1 Å². The van der Waals surface area contributed by atoms with Crippen LogP contribution >= 0.6 is 11.6 Å². The molecule has 0 unspecified atom stereocenters. The second-order valence-corrected chi connectivity index (χ2v) is 9.12. The standard InChI is InChI=1S/C22H15ClF9N3O2/c1-9-12(18(36)34-11-6-19(25,26)7-11)2-3-15(33-9)16-8-20(37-35-16,22(30,31)32)13-4-10(21(27,28)29)5-14(23)17(13)24/h2-5,11H,6-8H2,1H3,(H,34,36)/t20-/m1/s1. The molecule has 0 radical (unpaired) electrons. The first-order chi connectivity index (χ1) is 16.9. The number of aromatic nitrogens is 1. The van der Waals surface area contributed by atoms with E-state index in [0.717, 1.165) is 6.07 Å². The second kappa shape index (κ2) is 8.77. The van der Waals surface area contributed by atoms with Gasteiger partial charge in [-0.3, -0.25) is 9.78 Å². The monoisotopic (exact) mass is 559 g/mol. The molecule has 0 spiro atoms. The average Bonchev–Trinajstić information content (AvgIpc) is 3.20. The third-order valence-electron chi connectivity index (χ3n) is 6.03. The van der Waals surface area contributed by atoms with Crippen LogP contribution in [0.1, 0.15) is 52.1 Å². The van der Waals surface area contributed by atoms with Gasteiger partial charge in [0.05, 0.1) is 34.0 Å². The predicted octanol–water partition coefficient (Wildman–Crippen LogP) is 6.31. The lowest BCUT2D eigenvalue weighted by Crippen LogP contribution is -2.50. The van der Waals surface area contributed by atoms with Gasteiger partial charge in [0.25, 0.3) is 17.4 Å². The summed E-state index contributed by atoms with van der Waals surface area (Å²) in [6, 6.07) is 1.63. The van der Waals surface area contributed by atoms with Gasteiger partial charge in [-0.2, -0.15) is 26.3 Å². The highest BCUT2D eigenvalue weighted by Gasteiger charge is 2.64. The van der Waals surface area contributed by atoms with E-state index in [4.69, 9.17) is 11.6 Å². The SMILES string of the molecule is Cc1nc(C2=NO[C@](c3cc(C(F)(F)F)cc(Cl)c3F)(C(F)(F)F)C2)ccc1C(=O)NC1CC(F)(F)C1. The van der Waals surface area contributed by atoms with Gasteiger partial charge in [-0.15, -0.1) is 0 Å². The number of amides is 1. The Bertz CT molecular complexity index is 1290. The van der Waals surface area contributed by atoms with Crippen LogP contribution in [0.25, 0.3) is 0 Å². The van der Waals surface area contributed by atoms with Crippen LogP contribution in [-0.4, -0.2) is 34.7 Å². The fourth-order valence-corrected chi connectivity index (χ4v) is 4.27. The number of hydrogen-bond acceptors (Lipinski definition) is 4. The van der Waals surface area contributed by atoms with Crippen molar-refractivity contribution in [1.82, 2.24) is 10.3 Å².